The summed E-state index contributed by atoms with van der Waals surface area (Å²) in [4.78, 5) is 11.8. The summed E-state index contributed by atoms with van der Waals surface area (Å²) in [7, 11) is 0. The molecule has 3 aliphatic rings. The smallest absolute Gasteiger partial charge is 0.206 e. The van der Waals surface area contributed by atoms with Crippen LogP contribution in [0.25, 0.3) is 6.08 Å². The predicted octanol–water partition coefficient (Wildman–Crippen LogP) is 2.69. The van der Waals surface area contributed by atoms with Crippen LogP contribution >= 0.6 is 0 Å². The number of amidine groups is 1. The average Bonchev–Trinajstić information content (AvgIpc) is 3.52. The maximum absolute atomic E-state index is 5.49. The van der Waals surface area contributed by atoms with Crippen LogP contribution < -0.4 is 10.6 Å². The molecule has 1 unspecified atom stereocenters. The summed E-state index contributed by atoms with van der Waals surface area (Å²) >= 11 is 0. The molecule has 0 amide bonds. The van der Waals surface area contributed by atoms with Gasteiger partial charge in [0, 0.05) is 30.8 Å². The summed E-state index contributed by atoms with van der Waals surface area (Å²) in [6.45, 7) is 5.13. The van der Waals surface area contributed by atoms with Crippen LogP contribution in [0.1, 0.15) is 35.6 Å². The van der Waals surface area contributed by atoms with E-state index in [2.05, 4.69) is 69.1 Å². The second kappa shape index (κ2) is 8.41. The fourth-order valence-electron chi connectivity index (χ4n) is 3.65. The first-order valence-electron chi connectivity index (χ1n) is 10.5. The second-order valence-corrected chi connectivity index (χ2v) is 7.97. The van der Waals surface area contributed by atoms with Crippen LogP contribution in [0.2, 0.25) is 0 Å². The Bertz CT molecular complexity index is 983. The van der Waals surface area contributed by atoms with Gasteiger partial charge in [0.25, 0.3) is 0 Å². The van der Waals surface area contributed by atoms with Gasteiger partial charge in [-0.1, -0.05) is 35.9 Å². The van der Waals surface area contributed by atoms with E-state index < -0.39 is 0 Å². The maximum atomic E-state index is 5.49. The number of guanidine groups is 1. The molecule has 2 fully saturated rings. The molecule has 2 aliphatic heterocycles. The summed E-state index contributed by atoms with van der Waals surface area (Å²) in [5, 5.41) is 14.1. The Balaban J connectivity index is 1.35. The van der Waals surface area contributed by atoms with Crippen LogP contribution in [0.4, 0.5) is 5.82 Å². The number of hydrogen-bond donors (Lipinski definition) is 3. The molecule has 0 radical (unpaired) electrons. The Morgan fingerprint density at radius 1 is 1.13 bits per heavy atom. The molecular formula is C22H27N7O. The molecule has 3 N–H and O–H groups in total. The van der Waals surface area contributed by atoms with Crippen molar-refractivity contribution in [3.05, 3.63) is 53.2 Å². The first-order chi connectivity index (χ1) is 14.7. The van der Waals surface area contributed by atoms with Crippen molar-refractivity contribution in [2.24, 2.45) is 9.98 Å². The first-order valence-corrected chi connectivity index (χ1v) is 10.5. The van der Waals surface area contributed by atoms with Gasteiger partial charge < -0.3 is 15.4 Å². The van der Waals surface area contributed by atoms with Crippen LogP contribution in [0.3, 0.4) is 0 Å². The standard InChI is InChI=1S/C22H27N7O/c1-15-3-2-4-16(13-15)5-8-19-23-21(24-20-14-18(27-28-20)17-6-7-17)26-22(25-19)29-9-11-30-12-10-29/h2-5,8,13-14,17,22H,6-7,9-12H2,1H3,(H3,23,24,25,26,27,28)/b8-5+. The number of anilines is 1. The molecule has 1 aromatic carbocycles. The molecule has 8 heteroatoms. The monoisotopic (exact) mass is 405 g/mol. The highest BCUT2D eigenvalue weighted by Gasteiger charge is 2.27. The van der Waals surface area contributed by atoms with E-state index in [1.807, 2.05) is 6.08 Å². The van der Waals surface area contributed by atoms with Gasteiger partial charge in [0.15, 0.2) is 5.82 Å². The molecule has 0 bridgehead atoms. The van der Waals surface area contributed by atoms with E-state index in [0.29, 0.717) is 25.1 Å². The molecule has 0 spiro atoms. The van der Waals surface area contributed by atoms with E-state index >= 15 is 0 Å². The molecule has 1 saturated carbocycles. The van der Waals surface area contributed by atoms with Gasteiger partial charge in [-0.25, -0.2) is 9.98 Å². The van der Waals surface area contributed by atoms with Crippen LogP contribution in [0.5, 0.6) is 0 Å². The Hall–Kier alpha value is -2.97. The number of aryl methyl sites for hydroxylation is 1. The third kappa shape index (κ3) is 4.60. The topological polar surface area (TPSA) is 89.9 Å². The number of aromatic amines is 1. The molecule has 1 saturated heterocycles. The van der Waals surface area contributed by atoms with Crippen LogP contribution in [-0.2, 0) is 4.74 Å². The fourth-order valence-corrected chi connectivity index (χ4v) is 3.65. The highest BCUT2D eigenvalue weighted by Crippen LogP contribution is 2.39. The number of benzene rings is 1. The molecule has 5 rings (SSSR count). The Labute approximate surface area is 176 Å². The quantitative estimate of drug-likeness (QED) is 0.712. The number of rotatable bonds is 5. The molecule has 30 heavy (non-hydrogen) atoms. The summed E-state index contributed by atoms with van der Waals surface area (Å²) in [6.07, 6.45) is 6.26. The van der Waals surface area contributed by atoms with Gasteiger partial charge in [0.05, 0.1) is 13.2 Å². The minimum Gasteiger partial charge on any atom is -0.379 e. The molecule has 156 valence electrons. The number of ether oxygens (including phenoxy) is 1. The van der Waals surface area contributed by atoms with Crippen LogP contribution in [-0.4, -0.2) is 59.5 Å². The van der Waals surface area contributed by atoms with Gasteiger partial charge >= 0.3 is 0 Å². The van der Waals surface area contributed by atoms with Gasteiger partial charge in [0.1, 0.15) is 5.84 Å². The molecule has 2 aromatic rings. The van der Waals surface area contributed by atoms with E-state index in [1.165, 1.54) is 24.1 Å². The van der Waals surface area contributed by atoms with E-state index in [4.69, 9.17) is 14.7 Å². The minimum absolute atomic E-state index is 0.281. The Morgan fingerprint density at radius 3 is 2.80 bits per heavy atom. The van der Waals surface area contributed by atoms with Crippen molar-refractivity contribution >= 4 is 23.7 Å². The van der Waals surface area contributed by atoms with Crippen molar-refractivity contribution < 1.29 is 4.74 Å². The molecule has 3 heterocycles. The zero-order chi connectivity index (χ0) is 20.3. The Morgan fingerprint density at radius 2 is 2.00 bits per heavy atom. The van der Waals surface area contributed by atoms with E-state index in [-0.39, 0.29) is 6.29 Å². The SMILES string of the molecule is Cc1cccc(/C=C/C2=NC(N3CCOCC3)N=C(Nc3cc(C4CC4)[nH]n3)N2)c1. The van der Waals surface area contributed by atoms with Gasteiger partial charge in [-0.2, -0.15) is 5.10 Å². The van der Waals surface area contributed by atoms with Crippen molar-refractivity contribution in [2.45, 2.75) is 32.0 Å². The zero-order valence-corrected chi connectivity index (χ0v) is 17.1. The number of morpholine rings is 1. The van der Waals surface area contributed by atoms with Gasteiger partial charge in [-0.3, -0.25) is 10.00 Å². The molecule has 8 nitrogen and oxygen atoms in total. The number of nitrogens with zero attached hydrogens (tertiary/aromatic N) is 4. The number of aliphatic imine (C=N–C) groups is 2. The fraction of sp³-hybridized carbons (Fsp3) is 0.409. The number of H-pyrrole nitrogens is 1. The minimum atomic E-state index is -0.281. The van der Waals surface area contributed by atoms with E-state index in [9.17, 15) is 0 Å². The number of hydrogen-bond acceptors (Lipinski definition) is 7. The van der Waals surface area contributed by atoms with Crippen molar-refractivity contribution in [1.29, 1.82) is 0 Å². The van der Waals surface area contributed by atoms with Crippen LogP contribution in [0, 0.1) is 6.92 Å². The van der Waals surface area contributed by atoms with Crippen molar-refractivity contribution in [3.63, 3.8) is 0 Å². The summed E-state index contributed by atoms with van der Waals surface area (Å²) in [5.41, 5.74) is 3.56. The lowest BCUT2D eigenvalue weighted by atomic mass is 10.1. The highest BCUT2D eigenvalue weighted by molar-refractivity contribution is 6.11. The predicted molar refractivity (Wildman–Crippen MR) is 119 cm³/mol. The lowest BCUT2D eigenvalue weighted by molar-refractivity contribution is 0.0198. The first kappa shape index (κ1) is 19.0. The lowest BCUT2D eigenvalue weighted by Crippen LogP contribution is -2.48. The second-order valence-electron chi connectivity index (χ2n) is 7.97. The van der Waals surface area contributed by atoms with Gasteiger partial charge in [-0.05, 0) is 31.4 Å². The van der Waals surface area contributed by atoms with Crippen molar-refractivity contribution in [2.75, 3.05) is 31.6 Å². The highest BCUT2D eigenvalue weighted by atomic mass is 16.5. The maximum Gasteiger partial charge on any atom is 0.206 e. The van der Waals surface area contributed by atoms with Crippen LogP contribution in [0.15, 0.2) is 46.4 Å². The molecule has 1 aromatic heterocycles. The van der Waals surface area contributed by atoms with Crippen molar-refractivity contribution in [3.8, 4) is 0 Å². The summed E-state index contributed by atoms with van der Waals surface area (Å²) < 4.78 is 5.49. The van der Waals surface area contributed by atoms with E-state index in [0.717, 1.165) is 30.3 Å². The average molecular weight is 406 g/mol. The lowest BCUT2D eigenvalue weighted by Gasteiger charge is -2.32. The molecule has 1 atom stereocenters. The Kier molecular flexibility index (Phi) is 5.33. The summed E-state index contributed by atoms with van der Waals surface area (Å²) in [5.74, 6) is 2.82. The van der Waals surface area contributed by atoms with E-state index in [1.54, 1.807) is 0 Å². The molecular weight excluding hydrogens is 378 g/mol. The number of aromatic nitrogens is 2. The number of nitrogens with one attached hydrogen (secondary N) is 3. The van der Waals surface area contributed by atoms with Crippen molar-refractivity contribution in [1.82, 2.24) is 20.4 Å². The normalized spacial score (nSPS) is 22.5. The summed E-state index contributed by atoms with van der Waals surface area (Å²) in [6, 6.07) is 10.5. The van der Waals surface area contributed by atoms with Gasteiger partial charge in [0.2, 0.25) is 12.2 Å². The third-order valence-corrected chi connectivity index (χ3v) is 5.45. The molecule has 1 aliphatic carbocycles. The third-order valence-electron chi connectivity index (χ3n) is 5.45. The van der Waals surface area contributed by atoms with Gasteiger partial charge in [-0.15, -0.1) is 0 Å². The largest absolute Gasteiger partial charge is 0.379 e. The zero-order valence-electron chi connectivity index (χ0n) is 17.1.